The van der Waals surface area contributed by atoms with E-state index in [9.17, 15) is 0 Å². The molecule has 1 unspecified atom stereocenters. The van der Waals surface area contributed by atoms with E-state index in [2.05, 4.69) is 22.8 Å². The highest BCUT2D eigenvalue weighted by Crippen LogP contribution is 2.38. The Morgan fingerprint density at radius 3 is 2.59 bits per heavy atom. The van der Waals surface area contributed by atoms with Crippen molar-refractivity contribution in [3.8, 4) is 0 Å². The van der Waals surface area contributed by atoms with E-state index in [1.54, 1.807) is 4.88 Å². The Labute approximate surface area is 109 Å². The van der Waals surface area contributed by atoms with Gasteiger partial charge in [-0.3, -0.25) is 0 Å². The van der Waals surface area contributed by atoms with Crippen LogP contribution < -0.4 is 5.32 Å². The molecular weight excluding hydrogens is 226 g/mol. The summed E-state index contributed by atoms with van der Waals surface area (Å²) in [6, 6.07) is 5.17. The first kappa shape index (κ1) is 11.7. The van der Waals surface area contributed by atoms with E-state index in [-0.39, 0.29) is 0 Å². The Hall–Kier alpha value is -0.340. The van der Waals surface area contributed by atoms with Gasteiger partial charge in [0.25, 0.3) is 0 Å². The monoisotopic (exact) mass is 249 g/mol. The van der Waals surface area contributed by atoms with Gasteiger partial charge in [0.15, 0.2) is 0 Å². The quantitative estimate of drug-likeness (QED) is 0.817. The molecule has 0 aliphatic heterocycles. The maximum atomic E-state index is 3.88. The molecule has 1 atom stereocenters. The molecule has 1 aromatic heterocycles. The molecule has 0 radical (unpaired) electrons. The van der Waals surface area contributed by atoms with Gasteiger partial charge in [0.1, 0.15) is 0 Å². The summed E-state index contributed by atoms with van der Waals surface area (Å²) in [5.74, 6) is 1.87. The maximum absolute atomic E-state index is 3.88. The topological polar surface area (TPSA) is 12.0 Å². The third-order valence-corrected chi connectivity index (χ3v) is 5.53. The average Bonchev–Trinajstić information content (AvgIpc) is 2.94. The minimum atomic E-state index is 0.651. The summed E-state index contributed by atoms with van der Waals surface area (Å²) in [6.07, 6.45) is 10.1. The van der Waals surface area contributed by atoms with E-state index in [1.165, 1.54) is 51.5 Å². The van der Waals surface area contributed by atoms with Crippen molar-refractivity contribution in [2.45, 2.75) is 51.0 Å². The third kappa shape index (κ3) is 2.74. The van der Waals surface area contributed by atoms with Crippen LogP contribution >= 0.6 is 11.3 Å². The van der Waals surface area contributed by atoms with Crippen LogP contribution in [0.4, 0.5) is 0 Å². The van der Waals surface area contributed by atoms with E-state index in [4.69, 9.17) is 0 Å². The Balaban J connectivity index is 1.62. The lowest BCUT2D eigenvalue weighted by atomic mass is 9.85. The molecule has 0 aromatic carbocycles. The Kier molecular flexibility index (Phi) is 3.82. The van der Waals surface area contributed by atoms with Gasteiger partial charge in [-0.05, 0) is 55.5 Å². The predicted molar refractivity (Wildman–Crippen MR) is 74.4 cm³/mol. The van der Waals surface area contributed by atoms with Crippen LogP contribution in [-0.2, 0) is 0 Å². The van der Waals surface area contributed by atoms with Gasteiger partial charge in [-0.25, -0.2) is 0 Å². The summed E-state index contributed by atoms with van der Waals surface area (Å²) in [5.41, 5.74) is 0. The van der Waals surface area contributed by atoms with E-state index < -0.39 is 0 Å². The molecule has 0 amide bonds. The number of rotatable bonds is 5. The molecule has 2 saturated carbocycles. The molecule has 2 heteroatoms. The van der Waals surface area contributed by atoms with Crippen LogP contribution in [0.2, 0.25) is 0 Å². The standard InChI is InChI=1S/C15H23NS/c1-2-8-13(7-1)15(14-9-4-10-17-14)16-11-12-5-3-6-12/h4,9-10,12-13,15-16H,1-3,5-8,11H2. The first-order chi connectivity index (χ1) is 8.43. The zero-order valence-electron chi connectivity index (χ0n) is 10.5. The van der Waals surface area contributed by atoms with Gasteiger partial charge < -0.3 is 5.32 Å². The van der Waals surface area contributed by atoms with Gasteiger partial charge in [-0.15, -0.1) is 11.3 Å². The van der Waals surface area contributed by atoms with Gasteiger partial charge in [-0.1, -0.05) is 25.3 Å². The van der Waals surface area contributed by atoms with Crippen LogP contribution in [0, 0.1) is 11.8 Å². The normalized spacial score (nSPS) is 23.8. The number of thiophene rings is 1. The zero-order chi connectivity index (χ0) is 11.5. The molecule has 1 nitrogen and oxygen atoms in total. The fourth-order valence-corrected chi connectivity index (χ4v) is 4.14. The third-order valence-electron chi connectivity index (χ3n) is 4.57. The summed E-state index contributed by atoms with van der Waals surface area (Å²) in [4.78, 5) is 1.57. The highest BCUT2D eigenvalue weighted by molar-refractivity contribution is 7.10. The molecular formula is C15H23NS. The van der Waals surface area contributed by atoms with E-state index in [0.29, 0.717) is 6.04 Å². The molecule has 17 heavy (non-hydrogen) atoms. The van der Waals surface area contributed by atoms with Gasteiger partial charge in [-0.2, -0.15) is 0 Å². The van der Waals surface area contributed by atoms with Crippen molar-refractivity contribution in [2.75, 3.05) is 6.54 Å². The van der Waals surface area contributed by atoms with Crippen LogP contribution in [0.3, 0.4) is 0 Å². The van der Waals surface area contributed by atoms with Crippen LogP contribution in [0.1, 0.15) is 55.9 Å². The molecule has 0 saturated heterocycles. The van der Waals surface area contributed by atoms with Crippen molar-refractivity contribution < 1.29 is 0 Å². The van der Waals surface area contributed by atoms with Crippen molar-refractivity contribution >= 4 is 11.3 Å². The van der Waals surface area contributed by atoms with Crippen molar-refractivity contribution in [3.63, 3.8) is 0 Å². The number of hydrogen-bond acceptors (Lipinski definition) is 2. The average molecular weight is 249 g/mol. The lowest BCUT2D eigenvalue weighted by Crippen LogP contribution is -2.33. The van der Waals surface area contributed by atoms with Crippen LogP contribution in [0.25, 0.3) is 0 Å². The maximum Gasteiger partial charge on any atom is 0.0443 e. The summed E-state index contributed by atoms with van der Waals surface area (Å²) < 4.78 is 0. The molecule has 0 bridgehead atoms. The second-order valence-electron chi connectivity index (χ2n) is 5.74. The van der Waals surface area contributed by atoms with Crippen LogP contribution in [0.15, 0.2) is 17.5 Å². The van der Waals surface area contributed by atoms with Crippen molar-refractivity contribution in [1.82, 2.24) is 5.32 Å². The van der Waals surface area contributed by atoms with Gasteiger partial charge in [0.05, 0.1) is 0 Å². The molecule has 2 fully saturated rings. The second-order valence-corrected chi connectivity index (χ2v) is 6.72. The Morgan fingerprint density at radius 2 is 2.00 bits per heavy atom. The first-order valence-corrected chi connectivity index (χ1v) is 8.08. The van der Waals surface area contributed by atoms with E-state index in [1.807, 2.05) is 11.3 Å². The Morgan fingerprint density at radius 1 is 1.18 bits per heavy atom. The highest BCUT2D eigenvalue weighted by atomic mass is 32.1. The van der Waals surface area contributed by atoms with E-state index in [0.717, 1.165) is 11.8 Å². The summed E-state index contributed by atoms with van der Waals surface area (Å²) in [5, 5.41) is 6.10. The van der Waals surface area contributed by atoms with Gasteiger partial charge >= 0.3 is 0 Å². The van der Waals surface area contributed by atoms with E-state index >= 15 is 0 Å². The van der Waals surface area contributed by atoms with Crippen molar-refractivity contribution in [3.05, 3.63) is 22.4 Å². The predicted octanol–water partition coefficient (Wildman–Crippen LogP) is 4.37. The van der Waals surface area contributed by atoms with Crippen LogP contribution in [0.5, 0.6) is 0 Å². The minimum Gasteiger partial charge on any atom is -0.309 e. The Bertz CT molecular complexity index is 323. The largest absolute Gasteiger partial charge is 0.309 e. The number of nitrogens with one attached hydrogen (secondary N) is 1. The molecule has 2 aliphatic carbocycles. The second kappa shape index (κ2) is 5.53. The summed E-state index contributed by atoms with van der Waals surface area (Å²) in [6.45, 7) is 1.25. The van der Waals surface area contributed by atoms with Gasteiger partial charge in [0, 0.05) is 10.9 Å². The molecule has 3 rings (SSSR count). The van der Waals surface area contributed by atoms with Gasteiger partial charge in [0.2, 0.25) is 0 Å². The first-order valence-electron chi connectivity index (χ1n) is 7.20. The highest BCUT2D eigenvalue weighted by Gasteiger charge is 2.28. The SMILES string of the molecule is c1csc(C(NCC2CCC2)C2CCCC2)c1. The van der Waals surface area contributed by atoms with Crippen molar-refractivity contribution in [2.24, 2.45) is 11.8 Å². The smallest absolute Gasteiger partial charge is 0.0443 e. The molecule has 1 heterocycles. The van der Waals surface area contributed by atoms with Crippen LogP contribution in [-0.4, -0.2) is 6.54 Å². The zero-order valence-corrected chi connectivity index (χ0v) is 11.3. The molecule has 94 valence electrons. The lowest BCUT2D eigenvalue weighted by Gasteiger charge is -2.30. The lowest BCUT2D eigenvalue weighted by molar-refractivity contribution is 0.267. The molecule has 2 aliphatic rings. The fraction of sp³-hybridized carbons (Fsp3) is 0.733. The molecule has 1 aromatic rings. The molecule has 1 N–H and O–H groups in total. The fourth-order valence-electron chi connectivity index (χ4n) is 3.25. The van der Waals surface area contributed by atoms with Crippen molar-refractivity contribution in [1.29, 1.82) is 0 Å². The molecule has 0 spiro atoms. The summed E-state index contributed by atoms with van der Waals surface area (Å²) in [7, 11) is 0. The summed E-state index contributed by atoms with van der Waals surface area (Å²) >= 11 is 1.93. The number of hydrogen-bond donors (Lipinski definition) is 1. The minimum absolute atomic E-state index is 0.651.